The zero-order valence-electron chi connectivity index (χ0n) is 35.0. The number of nitrogens with zero attached hydrogens (tertiary/aromatic N) is 1. The van der Waals surface area contributed by atoms with Crippen LogP contribution in [0.5, 0.6) is 0 Å². The van der Waals surface area contributed by atoms with Crippen LogP contribution in [0.25, 0.3) is 99.1 Å². The number of para-hydroxylation sites is 2. The third kappa shape index (κ3) is 6.44. The van der Waals surface area contributed by atoms with Gasteiger partial charge in [0, 0.05) is 27.4 Å². The molecule has 0 atom stereocenters. The normalized spacial score (nSPS) is 11.4. The Morgan fingerprint density at radius 1 is 0.281 bits per heavy atom. The number of anilines is 3. The summed E-state index contributed by atoms with van der Waals surface area (Å²) < 4.78 is 6.90. The van der Waals surface area contributed by atoms with E-state index in [0.717, 1.165) is 61.1 Å². The Balaban J connectivity index is 1.14. The Kier molecular flexibility index (Phi) is 9.20. The van der Waals surface area contributed by atoms with Crippen molar-refractivity contribution in [3.63, 3.8) is 0 Å². The molecular weight excluding hydrogens is 775 g/mol. The Hall–Kier alpha value is -8.46. The highest BCUT2D eigenvalue weighted by molar-refractivity contribution is 6.23. The summed E-state index contributed by atoms with van der Waals surface area (Å²) >= 11 is 0. The van der Waals surface area contributed by atoms with E-state index in [1.54, 1.807) is 0 Å². The number of furan rings is 1. The van der Waals surface area contributed by atoms with Crippen LogP contribution >= 0.6 is 0 Å². The van der Waals surface area contributed by atoms with Crippen LogP contribution in [0, 0.1) is 0 Å². The van der Waals surface area contributed by atoms with Crippen LogP contribution in [0.3, 0.4) is 0 Å². The molecule has 12 aromatic rings. The zero-order chi connectivity index (χ0) is 42.4. The maximum atomic E-state index is 6.90. The molecule has 300 valence electrons. The molecule has 64 heavy (non-hydrogen) atoms. The summed E-state index contributed by atoms with van der Waals surface area (Å²) in [7, 11) is 0. The average Bonchev–Trinajstić information content (AvgIpc) is 3.77. The lowest BCUT2D eigenvalue weighted by Crippen LogP contribution is -2.12. The van der Waals surface area contributed by atoms with E-state index >= 15 is 0 Å². The molecule has 2 nitrogen and oxygen atoms in total. The number of hydrogen-bond donors (Lipinski definition) is 0. The molecule has 0 N–H and O–H groups in total. The van der Waals surface area contributed by atoms with Crippen LogP contribution in [-0.4, -0.2) is 0 Å². The van der Waals surface area contributed by atoms with Crippen LogP contribution < -0.4 is 4.90 Å². The smallest absolute Gasteiger partial charge is 0.159 e. The maximum absolute atomic E-state index is 6.90. The van der Waals surface area contributed by atoms with Gasteiger partial charge in [-0.25, -0.2) is 0 Å². The van der Waals surface area contributed by atoms with Crippen molar-refractivity contribution in [1.82, 2.24) is 0 Å². The van der Waals surface area contributed by atoms with E-state index in [2.05, 4.69) is 248 Å². The minimum atomic E-state index is 0.843. The molecule has 1 aromatic heterocycles. The fraction of sp³-hybridized carbons (Fsp3) is 0. The van der Waals surface area contributed by atoms with Gasteiger partial charge in [-0.05, 0) is 103 Å². The van der Waals surface area contributed by atoms with Gasteiger partial charge in [-0.15, -0.1) is 0 Å². The van der Waals surface area contributed by atoms with Crippen LogP contribution in [0.1, 0.15) is 0 Å². The molecule has 2 heteroatoms. The molecule has 0 radical (unpaired) electrons. The van der Waals surface area contributed by atoms with Gasteiger partial charge < -0.3 is 9.32 Å². The number of benzene rings is 11. The zero-order valence-corrected chi connectivity index (χ0v) is 35.0. The number of hydrogen-bond acceptors (Lipinski definition) is 2. The SMILES string of the molecule is c1ccc(-c2cccc(-c3c(N(c4ccc(-c5cc(-c6ccccc6)ccc5-c5ccccc5)cc4)c4cccc5c4oc4ccccc45)c4ccccc4c4ccccc34)c2)cc1. The maximum Gasteiger partial charge on any atom is 0.159 e. The van der Waals surface area contributed by atoms with E-state index in [1.807, 2.05) is 6.07 Å². The van der Waals surface area contributed by atoms with Crippen molar-refractivity contribution in [2.24, 2.45) is 0 Å². The summed E-state index contributed by atoms with van der Waals surface area (Å²) in [6, 6.07) is 89.7. The fourth-order valence-corrected chi connectivity index (χ4v) is 9.68. The van der Waals surface area contributed by atoms with E-state index in [9.17, 15) is 0 Å². The summed E-state index contributed by atoms with van der Waals surface area (Å²) in [6.45, 7) is 0. The van der Waals surface area contributed by atoms with Gasteiger partial charge in [-0.3, -0.25) is 0 Å². The third-order valence-corrected chi connectivity index (χ3v) is 12.7. The van der Waals surface area contributed by atoms with E-state index in [-0.39, 0.29) is 0 Å². The van der Waals surface area contributed by atoms with Gasteiger partial charge in [-0.2, -0.15) is 0 Å². The molecule has 0 spiro atoms. The van der Waals surface area contributed by atoms with Crippen molar-refractivity contribution in [3.05, 3.63) is 249 Å². The Morgan fingerprint density at radius 2 is 0.766 bits per heavy atom. The standard InChI is InChI=1S/C62H41NO/c1-4-18-42(19-5-1)46-24-16-25-48(40-46)60-54-29-12-10-26-51(54)52-27-11-13-30-55(52)61(60)63(58-32-17-31-56-53-28-14-15-33-59(53)64-62(56)58)49-37-34-45(35-38-49)57-41-47(43-20-6-2-7-21-43)36-39-50(57)44-22-8-3-9-23-44/h1-41H. The van der Waals surface area contributed by atoms with Gasteiger partial charge in [0.15, 0.2) is 5.58 Å². The lowest BCUT2D eigenvalue weighted by Gasteiger charge is -2.31. The molecule has 0 aliphatic carbocycles. The second kappa shape index (κ2) is 15.8. The quantitative estimate of drug-likeness (QED) is 0.142. The lowest BCUT2D eigenvalue weighted by atomic mass is 9.88. The largest absolute Gasteiger partial charge is 0.454 e. The Morgan fingerprint density at radius 3 is 1.47 bits per heavy atom. The van der Waals surface area contributed by atoms with Crippen LogP contribution in [0.15, 0.2) is 253 Å². The predicted molar refractivity (Wildman–Crippen MR) is 271 cm³/mol. The molecule has 0 unspecified atom stereocenters. The lowest BCUT2D eigenvalue weighted by molar-refractivity contribution is 0.669. The third-order valence-electron chi connectivity index (χ3n) is 12.7. The molecule has 0 amide bonds. The fourth-order valence-electron chi connectivity index (χ4n) is 9.68. The Labute approximate surface area is 372 Å². The molecule has 1 heterocycles. The highest BCUT2D eigenvalue weighted by Gasteiger charge is 2.26. The van der Waals surface area contributed by atoms with Gasteiger partial charge in [0.1, 0.15) is 5.58 Å². The first-order valence-electron chi connectivity index (χ1n) is 21.9. The molecule has 0 fully saturated rings. The van der Waals surface area contributed by atoms with Crippen LogP contribution in [0.2, 0.25) is 0 Å². The van der Waals surface area contributed by atoms with Gasteiger partial charge in [0.05, 0.1) is 11.4 Å². The molecule has 0 aliphatic rings. The van der Waals surface area contributed by atoms with E-state index in [4.69, 9.17) is 4.42 Å². The van der Waals surface area contributed by atoms with E-state index in [1.165, 1.54) is 55.1 Å². The predicted octanol–water partition coefficient (Wildman–Crippen LogP) is 17.7. The first-order chi connectivity index (χ1) is 31.8. The van der Waals surface area contributed by atoms with Gasteiger partial charge in [-0.1, -0.05) is 212 Å². The second-order valence-electron chi connectivity index (χ2n) is 16.4. The molecule has 0 saturated carbocycles. The van der Waals surface area contributed by atoms with Gasteiger partial charge in [0.25, 0.3) is 0 Å². The summed E-state index contributed by atoms with van der Waals surface area (Å²) in [5, 5.41) is 6.93. The van der Waals surface area contributed by atoms with E-state index in [0.29, 0.717) is 0 Å². The van der Waals surface area contributed by atoms with Crippen molar-refractivity contribution in [1.29, 1.82) is 0 Å². The molecule has 12 rings (SSSR count). The molecule has 0 saturated heterocycles. The monoisotopic (exact) mass is 815 g/mol. The van der Waals surface area contributed by atoms with Crippen molar-refractivity contribution >= 4 is 60.5 Å². The number of fused-ring (bicyclic) bond motifs is 6. The van der Waals surface area contributed by atoms with Crippen LogP contribution in [0.4, 0.5) is 17.1 Å². The van der Waals surface area contributed by atoms with Crippen molar-refractivity contribution < 1.29 is 4.42 Å². The summed E-state index contributed by atoms with van der Waals surface area (Å²) in [6.07, 6.45) is 0. The topological polar surface area (TPSA) is 16.4 Å². The summed E-state index contributed by atoms with van der Waals surface area (Å²) in [4.78, 5) is 2.45. The molecule has 0 bridgehead atoms. The van der Waals surface area contributed by atoms with E-state index < -0.39 is 0 Å². The van der Waals surface area contributed by atoms with Crippen LogP contribution in [-0.2, 0) is 0 Å². The average molecular weight is 816 g/mol. The van der Waals surface area contributed by atoms with Gasteiger partial charge >= 0.3 is 0 Å². The summed E-state index contributed by atoms with van der Waals surface area (Å²) in [5.74, 6) is 0. The summed E-state index contributed by atoms with van der Waals surface area (Å²) in [5.41, 5.74) is 16.5. The molecular formula is C62H41NO. The first-order valence-corrected chi connectivity index (χ1v) is 21.9. The first kappa shape index (κ1) is 37.3. The highest BCUT2D eigenvalue weighted by Crippen LogP contribution is 2.52. The highest BCUT2D eigenvalue weighted by atomic mass is 16.3. The molecule has 11 aromatic carbocycles. The van der Waals surface area contributed by atoms with Crippen molar-refractivity contribution in [3.8, 4) is 55.6 Å². The van der Waals surface area contributed by atoms with Gasteiger partial charge in [0.2, 0.25) is 0 Å². The second-order valence-corrected chi connectivity index (χ2v) is 16.4. The van der Waals surface area contributed by atoms with Crippen molar-refractivity contribution in [2.75, 3.05) is 4.90 Å². The number of rotatable bonds is 8. The Bertz CT molecular complexity index is 3650. The van der Waals surface area contributed by atoms with Crippen molar-refractivity contribution in [2.45, 2.75) is 0 Å². The molecule has 0 aliphatic heterocycles. The minimum absolute atomic E-state index is 0.843. The minimum Gasteiger partial charge on any atom is -0.454 e.